The number of halogens is 1. The minimum Gasteiger partial charge on any atom is -0.462 e. The highest BCUT2D eigenvalue weighted by Gasteiger charge is 2.16. The van der Waals surface area contributed by atoms with Crippen molar-refractivity contribution >= 4 is 28.6 Å². The van der Waals surface area contributed by atoms with Gasteiger partial charge in [0, 0.05) is 6.54 Å². The SMILES string of the molecule is CCOC(=O)c1cnn(CCC(C)C)c1I. The summed E-state index contributed by atoms with van der Waals surface area (Å²) >= 11 is 2.14. The highest BCUT2D eigenvalue weighted by atomic mass is 127. The summed E-state index contributed by atoms with van der Waals surface area (Å²) in [6, 6.07) is 0. The van der Waals surface area contributed by atoms with E-state index < -0.39 is 0 Å². The van der Waals surface area contributed by atoms with Crippen molar-refractivity contribution in [2.75, 3.05) is 6.61 Å². The van der Waals surface area contributed by atoms with Crippen LogP contribution in [0.25, 0.3) is 0 Å². The Morgan fingerprint density at radius 2 is 2.31 bits per heavy atom. The molecule has 0 fully saturated rings. The molecule has 16 heavy (non-hydrogen) atoms. The summed E-state index contributed by atoms with van der Waals surface area (Å²) in [7, 11) is 0. The van der Waals surface area contributed by atoms with Crippen LogP contribution >= 0.6 is 22.6 Å². The van der Waals surface area contributed by atoms with E-state index in [4.69, 9.17) is 4.74 Å². The number of esters is 1. The number of aryl methyl sites for hydroxylation is 1. The van der Waals surface area contributed by atoms with Gasteiger partial charge in [0.1, 0.15) is 9.26 Å². The second-order valence-corrected chi connectivity index (χ2v) is 5.00. The van der Waals surface area contributed by atoms with Gasteiger partial charge < -0.3 is 4.74 Å². The average Bonchev–Trinajstić information content (AvgIpc) is 2.57. The minimum atomic E-state index is -0.289. The smallest absolute Gasteiger partial charge is 0.342 e. The highest BCUT2D eigenvalue weighted by Crippen LogP contribution is 2.14. The van der Waals surface area contributed by atoms with E-state index in [1.807, 2.05) is 4.68 Å². The predicted molar refractivity (Wildman–Crippen MR) is 70.4 cm³/mol. The number of nitrogens with zero attached hydrogens (tertiary/aromatic N) is 2. The lowest BCUT2D eigenvalue weighted by molar-refractivity contribution is 0.0525. The average molecular weight is 336 g/mol. The third-order valence-corrected chi connectivity index (χ3v) is 3.33. The molecule has 0 N–H and O–H groups in total. The lowest BCUT2D eigenvalue weighted by atomic mass is 10.1. The molecule has 90 valence electrons. The molecule has 0 saturated heterocycles. The van der Waals surface area contributed by atoms with E-state index in [0.717, 1.165) is 16.7 Å². The van der Waals surface area contributed by atoms with Crippen molar-refractivity contribution in [1.29, 1.82) is 0 Å². The van der Waals surface area contributed by atoms with E-state index in [-0.39, 0.29) is 5.97 Å². The van der Waals surface area contributed by atoms with E-state index >= 15 is 0 Å². The lowest BCUT2D eigenvalue weighted by Gasteiger charge is -2.06. The lowest BCUT2D eigenvalue weighted by Crippen LogP contribution is -2.09. The molecular weight excluding hydrogens is 319 g/mol. The third kappa shape index (κ3) is 3.47. The van der Waals surface area contributed by atoms with Gasteiger partial charge in [-0.2, -0.15) is 5.10 Å². The van der Waals surface area contributed by atoms with Gasteiger partial charge in [-0.3, -0.25) is 4.68 Å². The van der Waals surface area contributed by atoms with Crippen molar-refractivity contribution < 1.29 is 9.53 Å². The van der Waals surface area contributed by atoms with Gasteiger partial charge in [0.2, 0.25) is 0 Å². The molecule has 0 aliphatic rings. The largest absolute Gasteiger partial charge is 0.462 e. The molecule has 0 unspecified atom stereocenters. The van der Waals surface area contributed by atoms with Crippen LogP contribution in [0.5, 0.6) is 0 Å². The summed E-state index contributed by atoms with van der Waals surface area (Å²) in [6.07, 6.45) is 2.64. The van der Waals surface area contributed by atoms with Crippen LogP contribution in [0, 0.1) is 9.62 Å². The molecule has 0 bridgehead atoms. The number of hydrogen-bond acceptors (Lipinski definition) is 3. The van der Waals surface area contributed by atoms with Crippen LogP contribution in [-0.2, 0) is 11.3 Å². The summed E-state index contributed by atoms with van der Waals surface area (Å²) in [4.78, 5) is 11.5. The molecule has 0 aromatic carbocycles. The maximum Gasteiger partial charge on any atom is 0.342 e. The number of aromatic nitrogens is 2. The molecule has 0 radical (unpaired) electrons. The summed E-state index contributed by atoms with van der Waals surface area (Å²) < 4.78 is 7.66. The Balaban J connectivity index is 2.72. The zero-order valence-corrected chi connectivity index (χ0v) is 12.0. The number of ether oxygens (including phenoxy) is 1. The Morgan fingerprint density at radius 1 is 1.62 bits per heavy atom. The first kappa shape index (κ1) is 13.5. The standard InChI is InChI=1S/C11H17IN2O2/c1-4-16-11(15)9-7-13-14(10(9)12)6-5-8(2)3/h7-8H,4-6H2,1-3H3. The first-order valence-corrected chi connectivity index (χ1v) is 6.52. The number of rotatable bonds is 5. The zero-order valence-electron chi connectivity index (χ0n) is 9.86. The molecule has 0 aliphatic carbocycles. The molecule has 1 heterocycles. The van der Waals surface area contributed by atoms with Crippen molar-refractivity contribution in [2.24, 2.45) is 5.92 Å². The maximum absolute atomic E-state index is 11.5. The topological polar surface area (TPSA) is 44.1 Å². The van der Waals surface area contributed by atoms with E-state index in [0.29, 0.717) is 18.1 Å². The summed E-state index contributed by atoms with van der Waals surface area (Å²) in [5.74, 6) is 0.341. The van der Waals surface area contributed by atoms with E-state index in [9.17, 15) is 4.79 Å². The first-order valence-electron chi connectivity index (χ1n) is 5.44. The quantitative estimate of drug-likeness (QED) is 0.613. The third-order valence-electron chi connectivity index (χ3n) is 2.19. The second-order valence-electron chi connectivity index (χ2n) is 3.98. The normalized spacial score (nSPS) is 10.8. The van der Waals surface area contributed by atoms with Gasteiger partial charge in [0.25, 0.3) is 0 Å². The van der Waals surface area contributed by atoms with Gasteiger partial charge in [0.15, 0.2) is 0 Å². The summed E-state index contributed by atoms with van der Waals surface area (Å²) in [5.41, 5.74) is 0.561. The fourth-order valence-corrected chi connectivity index (χ4v) is 1.98. The van der Waals surface area contributed by atoms with E-state index in [1.165, 1.54) is 0 Å². The zero-order chi connectivity index (χ0) is 12.1. The molecule has 0 atom stereocenters. The van der Waals surface area contributed by atoms with Crippen molar-refractivity contribution in [1.82, 2.24) is 9.78 Å². The molecule has 1 rings (SSSR count). The molecule has 0 saturated carbocycles. The Morgan fingerprint density at radius 3 is 2.88 bits per heavy atom. The Labute approximate surface area is 109 Å². The Kier molecular flexibility index (Phi) is 5.24. The van der Waals surface area contributed by atoms with Crippen molar-refractivity contribution in [3.8, 4) is 0 Å². The number of carbonyl (C=O) groups is 1. The molecule has 1 aromatic rings. The summed E-state index contributed by atoms with van der Waals surface area (Å²) in [5, 5.41) is 4.20. The van der Waals surface area contributed by atoms with E-state index in [2.05, 4.69) is 41.5 Å². The molecule has 5 heteroatoms. The van der Waals surface area contributed by atoms with Crippen LogP contribution < -0.4 is 0 Å². The molecular formula is C11H17IN2O2. The molecule has 0 spiro atoms. The molecule has 1 aromatic heterocycles. The van der Waals surface area contributed by atoms with Crippen LogP contribution in [0.4, 0.5) is 0 Å². The highest BCUT2D eigenvalue weighted by molar-refractivity contribution is 14.1. The van der Waals surface area contributed by atoms with Crippen LogP contribution in [0.3, 0.4) is 0 Å². The van der Waals surface area contributed by atoms with Crippen LogP contribution in [0.1, 0.15) is 37.6 Å². The van der Waals surface area contributed by atoms with Crippen LogP contribution in [0.15, 0.2) is 6.20 Å². The van der Waals surface area contributed by atoms with Gasteiger partial charge in [-0.1, -0.05) is 13.8 Å². The van der Waals surface area contributed by atoms with Gasteiger partial charge in [-0.25, -0.2) is 4.79 Å². The summed E-state index contributed by atoms with van der Waals surface area (Å²) in [6.45, 7) is 7.38. The monoisotopic (exact) mass is 336 g/mol. The van der Waals surface area contributed by atoms with Crippen LogP contribution in [-0.4, -0.2) is 22.4 Å². The fraction of sp³-hybridized carbons (Fsp3) is 0.636. The Bertz CT molecular complexity index is 361. The maximum atomic E-state index is 11.5. The first-order chi connectivity index (χ1) is 7.56. The number of hydrogen-bond donors (Lipinski definition) is 0. The van der Waals surface area contributed by atoms with Crippen molar-refractivity contribution in [3.63, 3.8) is 0 Å². The molecule has 4 nitrogen and oxygen atoms in total. The number of carbonyl (C=O) groups excluding carboxylic acids is 1. The second kappa shape index (κ2) is 6.22. The van der Waals surface area contributed by atoms with Crippen molar-refractivity contribution in [3.05, 3.63) is 15.5 Å². The fourth-order valence-electron chi connectivity index (χ4n) is 1.25. The van der Waals surface area contributed by atoms with Gasteiger partial charge in [0.05, 0.1) is 12.8 Å². The van der Waals surface area contributed by atoms with Gasteiger partial charge in [-0.05, 0) is 41.9 Å². The minimum absolute atomic E-state index is 0.289. The van der Waals surface area contributed by atoms with E-state index in [1.54, 1.807) is 13.1 Å². The Hall–Kier alpha value is -0.590. The van der Waals surface area contributed by atoms with Crippen molar-refractivity contribution in [2.45, 2.75) is 33.7 Å². The molecule has 0 aliphatic heterocycles. The van der Waals surface area contributed by atoms with Gasteiger partial charge >= 0.3 is 5.97 Å². The van der Waals surface area contributed by atoms with Crippen LogP contribution in [0.2, 0.25) is 0 Å². The molecule has 0 amide bonds. The predicted octanol–water partition coefficient (Wildman–Crippen LogP) is 2.71. The van der Waals surface area contributed by atoms with Gasteiger partial charge in [-0.15, -0.1) is 0 Å².